The smallest absolute Gasteiger partial charge is 0.410 e. The van der Waals surface area contributed by atoms with Gasteiger partial charge in [-0.05, 0) is 18.2 Å². The van der Waals surface area contributed by atoms with Crippen LogP contribution >= 0.6 is 0 Å². The molecule has 6 heteroatoms. The number of likely N-dealkylation sites (N-methyl/N-ethyl adjacent to an activating group) is 1. The molecule has 1 aliphatic rings. The number of rotatable bonds is 6. The third-order valence-electron chi connectivity index (χ3n) is 4.76. The fraction of sp³-hybridized carbons (Fsp3) is 0.364. The minimum atomic E-state index is -0.974. The number of amides is 1. The lowest BCUT2D eigenvalue weighted by Gasteiger charge is -2.32. The van der Waals surface area contributed by atoms with E-state index in [1.165, 1.54) is 0 Å². The number of hydrogen-bond acceptors (Lipinski definition) is 5. The molecule has 0 radical (unpaired) electrons. The van der Waals surface area contributed by atoms with Crippen molar-refractivity contribution in [2.24, 2.45) is 0 Å². The van der Waals surface area contributed by atoms with E-state index >= 15 is 0 Å². The van der Waals surface area contributed by atoms with E-state index in [2.05, 4.69) is 4.90 Å². The fourth-order valence-corrected chi connectivity index (χ4v) is 3.01. The van der Waals surface area contributed by atoms with Crippen molar-refractivity contribution < 1.29 is 19.1 Å². The van der Waals surface area contributed by atoms with Gasteiger partial charge in [0.2, 0.25) is 6.10 Å². The fourth-order valence-electron chi connectivity index (χ4n) is 3.01. The molecule has 1 saturated heterocycles. The van der Waals surface area contributed by atoms with Gasteiger partial charge in [0.1, 0.15) is 6.61 Å². The number of nitrogens with zero attached hydrogens (tertiary/aromatic N) is 2. The molecule has 2 aromatic rings. The summed E-state index contributed by atoms with van der Waals surface area (Å²) >= 11 is 0. The summed E-state index contributed by atoms with van der Waals surface area (Å²) < 4.78 is 11.0. The molecule has 1 atom stereocenters. The minimum Gasteiger partial charge on any atom is -0.458 e. The number of carbonyl (C=O) groups excluding carboxylic acids is 2. The van der Waals surface area contributed by atoms with Crippen LogP contribution in [0.3, 0.4) is 0 Å². The van der Waals surface area contributed by atoms with Gasteiger partial charge in [-0.15, -0.1) is 0 Å². The molecule has 2 aromatic carbocycles. The summed E-state index contributed by atoms with van der Waals surface area (Å²) in [5.41, 5.74) is 1.80. The molecule has 0 bridgehead atoms. The zero-order chi connectivity index (χ0) is 19.8. The van der Waals surface area contributed by atoms with Gasteiger partial charge in [0, 0.05) is 32.6 Å². The molecule has 1 aliphatic heterocycles. The van der Waals surface area contributed by atoms with Crippen molar-refractivity contribution in [1.82, 2.24) is 9.80 Å². The standard InChI is InChI=1S/C22H26N2O4/c1-23-12-14-24(15-13-23)22(26)28-20(16-18-8-4-2-5-9-18)21(25)27-17-19-10-6-3-7-11-19/h2-11,20H,12-17H2,1H3/t20-/m0/s1. The van der Waals surface area contributed by atoms with Crippen molar-refractivity contribution in [3.05, 3.63) is 71.8 Å². The Morgan fingerprint density at radius 2 is 1.46 bits per heavy atom. The van der Waals surface area contributed by atoms with Crippen LogP contribution < -0.4 is 0 Å². The SMILES string of the molecule is CN1CCN(C(=O)O[C@@H](Cc2ccccc2)C(=O)OCc2ccccc2)CC1. The molecule has 0 N–H and O–H groups in total. The molecule has 1 fully saturated rings. The Hall–Kier alpha value is -2.86. The summed E-state index contributed by atoms with van der Waals surface area (Å²) in [4.78, 5) is 29.0. The molecule has 0 spiro atoms. The molecular formula is C22H26N2O4. The van der Waals surface area contributed by atoms with Crippen molar-refractivity contribution >= 4 is 12.1 Å². The van der Waals surface area contributed by atoms with Gasteiger partial charge in [0.25, 0.3) is 0 Å². The predicted molar refractivity (Wildman–Crippen MR) is 106 cm³/mol. The van der Waals surface area contributed by atoms with Crippen LogP contribution in [0.1, 0.15) is 11.1 Å². The largest absolute Gasteiger partial charge is 0.458 e. The number of esters is 1. The van der Waals surface area contributed by atoms with Gasteiger partial charge < -0.3 is 19.3 Å². The van der Waals surface area contributed by atoms with Crippen LogP contribution in [0.15, 0.2) is 60.7 Å². The van der Waals surface area contributed by atoms with Crippen LogP contribution in [0.4, 0.5) is 4.79 Å². The number of ether oxygens (including phenoxy) is 2. The van der Waals surface area contributed by atoms with E-state index < -0.39 is 18.2 Å². The maximum atomic E-state index is 12.7. The van der Waals surface area contributed by atoms with Crippen molar-refractivity contribution in [2.45, 2.75) is 19.1 Å². The van der Waals surface area contributed by atoms with Crippen LogP contribution in [0.2, 0.25) is 0 Å². The van der Waals surface area contributed by atoms with Crippen LogP contribution in [0, 0.1) is 0 Å². The molecule has 0 saturated carbocycles. The first-order valence-corrected chi connectivity index (χ1v) is 9.50. The summed E-state index contributed by atoms with van der Waals surface area (Å²) in [6, 6.07) is 18.9. The molecular weight excluding hydrogens is 356 g/mol. The second-order valence-electron chi connectivity index (χ2n) is 6.95. The van der Waals surface area contributed by atoms with E-state index in [1.54, 1.807) is 4.90 Å². The highest BCUT2D eigenvalue weighted by Crippen LogP contribution is 2.12. The van der Waals surface area contributed by atoms with E-state index in [9.17, 15) is 9.59 Å². The summed E-state index contributed by atoms with van der Waals surface area (Å²) in [5, 5.41) is 0. The van der Waals surface area contributed by atoms with E-state index in [1.807, 2.05) is 67.7 Å². The van der Waals surface area contributed by atoms with Crippen LogP contribution in [0.25, 0.3) is 0 Å². The average Bonchev–Trinajstić information content (AvgIpc) is 2.73. The molecule has 0 aliphatic carbocycles. The maximum absolute atomic E-state index is 12.7. The normalized spacial score (nSPS) is 15.7. The highest BCUT2D eigenvalue weighted by atomic mass is 16.6. The van der Waals surface area contributed by atoms with Crippen molar-refractivity contribution in [3.8, 4) is 0 Å². The topological polar surface area (TPSA) is 59.1 Å². The van der Waals surface area contributed by atoms with Gasteiger partial charge in [-0.25, -0.2) is 9.59 Å². The third-order valence-corrected chi connectivity index (χ3v) is 4.76. The lowest BCUT2D eigenvalue weighted by molar-refractivity contribution is -0.155. The first kappa shape index (κ1) is 19.9. The summed E-state index contributed by atoms with van der Waals surface area (Å²) in [5.74, 6) is -0.532. The van der Waals surface area contributed by atoms with Gasteiger partial charge in [-0.2, -0.15) is 0 Å². The van der Waals surface area contributed by atoms with Gasteiger partial charge in [0.15, 0.2) is 0 Å². The van der Waals surface area contributed by atoms with E-state index in [0.29, 0.717) is 13.1 Å². The monoisotopic (exact) mass is 382 g/mol. The Bertz CT molecular complexity index is 759. The molecule has 3 rings (SSSR count). The number of hydrogen-bond donors (Lipinski definition) is 0. The maximum Gasteiger partial charge on any atom is 0.410 e. The van der Waals surface area contributed by atoms with Crippen LogP contribution in [-0.4, -0.2) is 61.2 Å². The van der Waals surface area contributed by atoms with E-state index in [4.69, 9.17) is 9.47 Å². The summed E-state index contributed by atoms with van der Waals surface area (Å²) in [7, 11) is 2.02. The molecule has 6 nitrogen and oxygen atoms in total. The predicted octanol–water partition coefficient (Wildman–Crippen LogP) is 2.73. The Labute approximate surface area is 165 Å². The summed E-state index contributed by atoms with van der Waals surface area (Å²) in [6.07, 6.45) is -1.16. The molecule has 1 heterocycles. The van der Waals surface area contributed by atoms with Gasteiger partial charge in [0.05, 0.1) is 0 Å². The van der Waals surface area contributed by atoms with Crippen LogP contribution in [-0.2, 0) is 27.3 Å². The van der Waals surface area contributed by atoms with Crippen LogP contribution in [0.5, 0.6) is 0 Å². The van der Waals surface area contributed by atoms with Crippen molar-refractivity contribution in [3.63, 3.8) is 0 Å². The number of carbonyl (C=O) groups is 2. The van der Waals surface area contributed by atoms with Crippen molar-refractivity contribution in [1.29, 1.82) is 0 Å². The molecule has 0 unspecified atom stereocenters. The Balaban J connectivity index is 1.63. The lowest BCUT2D eigenvalue weighted by Crippen LogP contribution is -2.48. The highest BCUT2D eigenvalue weighted by molar-refractivity contribution is 5.79. The zero-order valence-corrected chi connectivity index (χ0v) is 16.1. The molecule has 148 valence electrons. The Morgan fingerprint density at radius 3 is 2.07 bits per heavy atom. The molecule has 1 amide bonds. The van der Waals surface area contributed by atoms with E-state index in [0.717, 1.165) is 24.2 Å². The van der Waals surface area contributed by atoms with Gasteiger partial charge >= 0.3 is 12.1 Å². The van der Waals surface area contributed by atoms with Gasteiger partial charge in [-0.1, -0.05) is 60.7 Å². The lowest BCUT2D eigenvalue weighted by atomic mass is 10.1. The highest BCUT2D eigenvalue weighted by Gasteiger charge is 2.29. The average molecular weight is 382 g/mol. The second kappa shape index (κ2) is 9.90. The van der Waals surface area contributed by atoms with Crippen molar-refractivity contribution in [2.75, 3.05) is 33.2 Å². The van der Waals surface area contributed by atoms with Gasteiger partial charge in [-0.3, -0.25) is 0 Å². The quantitative estimate of drug-likeness (QED) is 0.719. The minimum absolute atomic E-state index is 0.150. The van der Waals surface area contributed by atoms with E-state index in [-0.39, 0.29) is 13.0 Å². The first-order chi connectivity index (χ1) is 13.6. The Morgan fingerprint density at radius 1 is 0.893 bits per heavy atom. The molecule has 0 aromatic heterocycles. The zero-order valence-electron chi connectivity index (χ0n) is 16.1. The second-order valence-corrected chi connectivity index (χ2v) is 6.95. The number of piperazine rings is 1. The third kappa shape index (κ3) is 5.82. The molecule has 28 heavy (non-hydrogen) atoms. The number of benzene rings is 2. The Kier molecular flexibility index (Phi) is 7.03. The first-order valence-electron chi connectivity index (χ1n) is 9.50. The summed E-state index contributed by atoms with van der Waals surface area (Å²) in [6.45, 7) is 2.91.